The van der Waals surface area contributed by atoms with Crippen molar-refractivity contribution in [1.82, 2.24) is 9.88 Å². The highest BCUT2D eigenvalue weighted by Crippen LogP contribution is 2.36. The van der Waals surface area contributed by atoms with Gasteiger partial charge < -0.3 is 14.6 Å². The average molecular weight is 403 g/mol. The van der Waals surface area contributed by atoms with Crippen molar-refractivity contribution in [3.05, 3.63) is 59.3 Å². The molecule has 2 aliphatic heterocycles. The summed E-state index contributed by atoms with van der Waals surface area (Å²) in [6.07, 6.45) is 0.172. The number of nitrogens with zero attached hydrogens (tertiary/aromatic N) is 2. The van der Waals surface area contributed by atoms with E-state index in [2.05, 4.69) is 30.1 Å². The standard InChI is InChI=1S/C24H25N3O3/c1-14-7-6-8-17-18-13-26(12-11-19(18)25-22(14)17)23(28)15(2)27-20-9-4-5-10-21(20)30-16(3)24(27)29/h4-10,15-16,25H,11-13H2,1-3H3/t15-,16-/m0/s1. The number of aromatic nitrogens is 1. The van der Waals surface area contributed by atoms with Crippen molar-refractivity contribution >= 4 is 28.4 Å². The van der Waals surface area contributed by atoms with Crippen LogP contribution in [0.25, 0.3) is 10.9 Å². The third kappa shape index (κ3) is 2.78. The van der Waals surface area contributed by atoms with Crippen molar-refractivity contribution in [2.75, 3.05) is 11.4 Å². The maximum atomic E-state index is 13.5. The minimum absolute atomic E-state index is 0.0418. The highest BCUT2D eigenvalue weighted by molar-refractivity contribution is 6.05. The van der Waals surface area contributed by atoms with Gasteiger partial charge >= 0.3 is 0 Å². The van der Waals surface area contributed by atoms with E-state index in [1.54, 1.807) is 11.8 Å². The van der Waals surface area contributed by atoms with Crippen LogP contribution in [0.2, 0.25) is 0 Å². The zero-order valence-electron chi connectivity index (χ0n) is 17.4. The zero-order chi connectivity index (χ0) is 21.0. The van der Waals surface area contributed by atoms with Gasteiger partial charge in [0.25, 0.3) is 5.91 Å². The second-order valence-corrected chi connectivity index (χ2v) is 8.20. The maximum Gasteiger partial charge on any atom is 0.268 e. The molecule has 1 N–H and O–H groups in total. The van der Waals surface area contributed by atoms with Gasteiger partial charge in [-0.05, 0) is 38.5 Å². The summed E-state index contributed by atoms with van der Waals surface area (Å²) in [7, 11) is 0. The highest BCUT2D eigenvalue weighted by Gasteiger charge is 2.39. The zero-order valence-corrected chi connectivity index (χ0v) is 17.4. The van der Waals surface area contributed by atoms with E-state index in [0.29, 0.717) is 24.5 Å². The van der Waals surface area contributed by atoms with E-state index < -0.39 is 12.1 Å². The Hall–Kier alpha value is -3.28. The SMILES string of the molecule is Cc1cccc2c3c([nH]c12)CCN(C(=O)[C@H](C)N1C(=O)[C@H](C)Oc2ccccc21)C3. The summed E-state index contributed by atoms with van der Waals surface area (Å²) in [4.78, 5) is 33.4. The first kappa shape index (κ1) is 18.7. The molecule has 6 nitrogen and oxygen atoms in total. The first-order chi connectivity index (χ1) is 14.5. The fourth-order valence-electron chi connectivity index (χ4n) is 4.66. The predicted octanol–water partition coefficient (Wildman–Crippen LogP) is 3.56. The minimum atomic E-state index is -0.611. The molecule has 2 amide bonds. The number of H-pyrrole nitrogens is 1. The summed E-state index contributed by atoms with van der Waals surface area (Å²) in [5.74, 6) is 0.409. The number of para-hydroxylation sites is 3. The van der Waals surface area contributed by atoms with Crippen LogP contribution in [0.15, 0.2) is 42.5 Å². The van der Waals surface area contributed by atoms with Gasteiger partial charge in [0.15, 0.2) is 6.10 Å². The highest BCUT2D eigenvalue weighted by atomic mass is 16.5. The Morgan fingerprint density at radius 2 is 2.00 bits per heavy atom. The first-order valence-corrected chi connectivity index (χ1v) is 10.4. The number of carbonyl (C=O) groups is 2. The number of nitrogens with one attached hydrogen (secondary N) is 1. The lowest BCUT2D eigenvalue weighted by molar-refractivity contribution is -0.136. The summed E-state index contributed by atoms with van der Waals surface area (Å²) < 4.78 is 5.72. The van der Waals surface area contributed by atoms with E-state index in [1.807, 2.05) is 36.1 Å². The molecule has 0 fully saturated rings. The number of aryl methyl sites for hydroxylation is 1. The van der Waals surface area contributed by atoms with Crippen LogP contribution in [0.5, 0.6) is 5.75 Å². The van der Waals surface area contributed by atoms with Gasteiger partial charge in [-0.3, -0.25) is 14.5 Å². The summed E-state index contributed by atoms with van der Waals surface area (Å²) in [6.45, 7) is 6.82. The number of fused-ring (bicyclic) bond motifs is 4. The van der Waals surface area contributed by atoms with E-state index in [1.165, 1.54) is 22.2 Å². The molecule has 0 saturated carbocycles. The second kappa shape index (κ2) is 6.90. The molecule has 5 rings (SSSR count). The summed E-state index contributed by atoms with van der Waals surface area (Å²) >= 11 is 0. The van der Waals surface area contributed by atoms with Crippen molar-refractivity contribution in [2.45, 2.75) is 45.9 Å². The number of amides is 2. The van der Waals surface area contributed by atoms with Crippen LogP contribution in [0, 0.1) is 6.92 Å². The van der Waals surface area contributed by atoms with Gasteiger partial charge in [0.2, 0.25) is 5.91 Å². The summed E-state index contributed by atoms with van der Waals surface area (Å²) in [5, 5.41) is 1.18. The van der Waals surface area contributed by atoms with Crippen LogP contribution in [0.4, 0.5) is 5.69 Å². The van der Waals surface area contributed by atoms with Crippen LogP contribution in [0.3, 0.4) is 0 Å². The van der Waals surface area contributed by atoms with Crippen molar-refractivity contribution in [3.63, 3.8) is 0 Å². The molecule has 0 bridgehead atoms. The van der Waals surface area contributed by atoms with Gasteiger partial charge in [-0.15, -0.1) is 0 Å². The molecule has 0 saturated heterocycles. The van der Waals surface area contributed by atoms with Crippen LogP contribution >= 0.6 is 0 Å². The van der Waals surface area contributed by atoms with Crippen molar-refractivity contribution < 1.29 is 14.3 Å². The third-order valence-electron chi connectivity index (χ3n) is 6.29. The van der Waals surface area contributed by atoms with Gasteiger partial charge in [-0.1, -0.05) is 30.3 Å². The van der Waals surface area contributed by atoms with Crippen LogP contribution in [-0.2, 0) is 22.6 Å². The first-order valence-electron chi connectivity index (χ1n) is 10.4. The van der Waals surface area contributed by atoms with E-state index in [9.17, 15) is 9.59 Å². The fourth-order valence-corrected chi connectivity index (χ4v) is 4.66. The van der Waals surface area contributed by atoms with Crippen LogP contribution < -0.4 is 9.64 Å². The van der Waals surface area contributed by atoms with Gasteiger partial charge in [0, 0.05) is 41.7 Å². The number of hydrogen-bond donors (Lipinski definition) is 1. The number of hydrogen-bond acceptors (Lipinski definition) is 3. The Kier molecular flexibility index (Phi) is 4.31. The molecule has 30 heavy (non-hydrogen) atoms. The number of aromatic amines is 1. The van der Waals surface area contributed by atoms with E-state index in [0.717, 1.165) is 11.9 Å². The molecule has 6 heteroatoms. The number of anilines is 1. The molecular weight excluding hydrogens is 378 g/mol. The Labute approximate surface area is 175 Å². The number of carbonyl (C=O) groups excluding carboxylic acids is 2. The lowest BCUT2D eigenvalue weighted by Gasteiger charge is -2.38. The number of rotatable bonds is 2. The van der Waals surface area contributed by atoms with Crippen molar-refractivity contribution in [3.8, 4) is 5.75 Å². The van der Waals surface area contributed by atoms with Crippen molar-refractivity contribution in [1.29, 1.82) is 0 Å². The van der Waals surface area contributed by atoms with E-state index >= 15 is 0 Å². The lowest BCUT2D eigenvalue weighted by atomic mass is 10.0. The van der Waals surface area contributed by atoms with E-state index in [4.69, 9.17) is 4.74 Å². The summed E-state index contributed by atoms with van der Waals surface area (Å²) in [5.41, 5.74) is 5.40. The Morgan fingerprint density at radius 1 is 1.20 bits per heavy atom. The monoisotopic (exact) mass is 403 g/mol. The molecule has 3 heterocycles. The fraction of sp³-hybridized carbons (Fsp3) is 0.333. The van der Waals surface area contributed by atoms with Crippen molar-refractivity contribution in [2.24, 2.45) is 0 Å². The lowest BCUT2D eigenvalue weighted by Crippen LogP contribution is -2.55. The molecule has 2 aromatic carbocycles. The Bertz CT molecular complexity index is 1170. The smallest absolute Gasteiger partial charge is 0.268 e. The van der Waals surface area contributed by atoms with E-state index in [-0.39, 0.29) is 11.8 Å². The number of ether oxygens (including phenoxy) is 1. The van der Waals surface area contributed by atoms with Crippen LogP contribution in [0.1, 0.15) is 30.7 Å². The molecule has 0 spiro atoms. The largest absolute Gasteiger partial charge is 0.479 e. The normalized spacial score (nSPS) is 19.3. The maximum absolute atomic E-state index is 13.5. The second-order valence-electron chi connectivity index (χ2n) is 8.20. The minimum Gasteiger partial charge on any atom is -0.479 e. The molecule has 1 aromatic heterocycles. The molecule has 3 aromatic rings. The van der Waals surface area contributed by atoms with Gasteiger partial charge in [0.1, 0.15) is 11.8 Å². The molecule has 0 unspecified atom stereocenters. The van der Waals surface area contributed by atoms with Gasteiger partial charge in [0.05, 0.1) is 5.69 Å². The predicted molar refractivity (Wildman–Crippen MR) is 116 cm³/mol. The van der Waals surface area contributed by atoms with Crippen LogP contribution in [-0.4, -0.2) is 40.4 Å². The third-order valence-corrected chi connectivity index (χ3v) is 6.29. The molecule has 154 valence electrons. The quantitative estimate of drug-likeness (QED) is 0.712. The average Bonchev–Trinajstić information content (AvgIpc) is 3.13. The molecule has 0 radical (unpaired) electrons. The molecule has 2 aliphatic rings. The topological polar surface area (TPSA) is 65.6 Å². The molecular formula is C24H25N3O3. The molecule has 2 atom stereocenters. The molecule has 0 aliphatic carbocycles. The Morgan fingerprint density at radius 3 is 2.83 bits per heavy atom. The number of benzene rings is 2. The summed E-state index contributed by atoms with van der Waals surface area (Å²) in [6, 6.07) is 13.1. The Balaban J connectivity index is 1.45. The van der Waals surface area contributed by atoms with Gasteiger partial charge in [-0.2, -0.15) is 0 Å². The van der Waals surface area contributed by atoms with Gasteiger partial charge in [-0.25, -0.2) is 0 Å².